The van der Waals surface area contributed by atoms with Gasteiger partial charge in [-0.1, -0.05) is 23.8 Å². The molecule has 2 nitrogen and oxygen atoms in total. The van der Waals surface area contributed by atoms with Gasteiger partial charge in [0.15, 0.2) is 0 Å². The molecule has 3 atom stereocenters. The Morgan fingerprint density at radius 1 is 1.69 bits per heavy atom. The molecule has 0 bridgehead atoms. The lowest BCUT2D eigenvalue weighted by atomic mass is 9.88. The first-order chi connectivity index (χ1) is 6.27. The summed E-state index contributed by atoms with van der Waals surface area (Å²) in [6, 6.07) is 0.248. The molecule has 1 aliphatic carbocycles. The molecule has 1 heterocycles. The van der Waals surface area contributed by atoms with Crippen LogP contribution in [0.3, 0.4) is 0 Å². The number of fused-ring (bicyclic) bond motifs is 1. The summed E-state index contributed by atoms with van der Waals surface area (Å²) >= 11 is 1.66. The summed E-state index contributed by atoms with van der Waals surface area (Å²) in [4.78, 5) is 0. The number of nitrogens with zero attached hydrogens (tertiary/aromatic N) is 1. The van der Waals surface area contributed by atoms with Crippen LogP contribution in [0.1, 0.15) is 13.3 Å². The normalized spacial score (nSPS) is 32.9. The Hall–Kier alpha value is -0.540. The molecule has 0 spiro atoms. The van der Waals surface area contributed by atoms with E-state index in [-0.39, 0.29) is 6.04 Å². The minimum absolute atomic E-state index is 0.248. The van der Waals surface area contributed by atoms with Gasteiger partial charge >= 0.3 is 0 Å². The highest BCUT2D eigenvalue weighted by Gasteiger charge is 2.28. The second-order valence-electron chi connectivity index (χ2n) is 3.66. The van der Waals surface area contributed by atoms with Gasteiger partial charge in [0.25, 0.3) is 0 Å². The number of rotatable bonds is 2. The summed E-state index contributed by atoms with van der Waals surface area (Å²) in [7, 11) is 0. The zero-order valence-corrected chi connectivity index (χ0v) is 8.50. The van der Waals surface area contributed by atoms with Crippen molar-refractivity contribution in [3.8, 4) is 0 Å². The second-order valence-corrected chi connectivity index (χ2v) is 4.62. The van der Waals surface area contributed by atoms with Crippen LogP contribution in [0.2, 0.25) is 0 Å². The van der Waals surface area contributed by atoms with Crippen molar-refractivity contribution < 1.29 is 0 Å². The molecule has 0 aromatic heterocycles. The van der Waals surface area contributed by atoms with E-state index in [2.05, 4.69) is 22.6 Å². The van der Waals surface area contributed by atoms with Crippen LogP contribution >= 0.6 is 11.9 Å². The van der Waals surface area contributed by atoms with Crippen molar-refractivity contribution in [1.29, 1.82) is 0 Å². The summed E-state index contributed by atoms with van der Waals surface area (Å²) in [5.74, 6) is 0.501. The smallest absolute Gasteiger partial charge is 0.0565 e. The molecule has 0 aromatic rings. The molecular weight excluding hydrogens is 180 g/mol. The molecule has 0 saturated heterocycles. The van der Waals surface area contributed by atoms with Crippen LogP contribution in [0, 0.1) is 5.92 Å². The first-order valence-corrected chi connectivity index (χ1v) is 5.43. The van der Waals surface area contributed by atoms with Crippen LogP contribution < -0.4 is 5.73 Å². The van der Waals surface area contributed by atoms with Crippen LogP contribution in [-0.4, -0.2) is 17.5 Å². The third-order valence-corrected chi connectivity index (χ3v) is 3.29. The first-order valence-electron chi connectivity index (χ1n) is 4.59. The molecule has 1 aliphatic heterocycles. The Morgan fingerprint density at radius 2 is 2.54 bits per heavy atom. The van der Waals surface area contributed by atoms with Crippen LogP contribution in [0.5, 0.6) is 0 Å². The molecule has 0 saturated carbocycles. The molecule has 0 amide bonds. The zero-order chi connectivity index (χ0) is 9.26. The summed E-state index contributed by atoms with van der Waals surface area (Å²) in [5.41, 5.74) is 7.22. The maximum absolute atomic E-state index is 5.79. The maximum atomic E-state index is 5.79. The van der Waals surface area contributed by atoms with Gasteiger partial charge in [0.1, 0.15) is 0 Å². The largest absolute Gasteiger partial charge is 0.328 e. The molecule has 3 unspecified atom stereocenters. The van der Waals surface area contributed by atoms with E-state index in [9.17, 15) is 0 Å². The van der Waals surface area contributed by atoms with Gasteiger partial charge < -0.3 is 5.73 Å². The molecule has 2 aliphatic rings. The quantitative estimate of drug-likeness (QED) is 0.682. The van der Waals surface area contributed by atoms with E-state index < -0.39 is 0 Å². The van der Waals surface area contributed by atoms with Gasteiger partial charge in [0.2, 0.25) is 0 Å². The Balaban J connectivity index is 2.12. The predicted molar refractivity (Wildman–Crippen MR) is 58.9 cm³/mol. The van der Waals surface area contributed by atoms with Gasteiger partial charge in [-0.2, -0.15) is 0 Å². The van der Waals surface area contributed by atoms with E-state index in [4.69, 9.17) is 5.73 Å². The monoisotopic (exact) mass is 194 g/mol. The maximum Gasteiger partial charge on any atom is 0.0565 e. The molecule has 0 radical (unpaired) electrons. The van der Waals surface area contributed by atoms with E-state index in [0.29, 0.717) is 11.2 Å². The summed E-state index contributed by atoms with van der Waals surface area (Å²) < 4.78 is 4.24. The fourth-order valence-electron chi connectivity index (χ4n) is 1.76. The molecule has 0 fully saturated rings. The Morgan fingerprint density at radius 3 is 3.31 bits per heavy atom. The lowest BCUT2D eigenvalue weighted by Gasteiger charge is -2.21. The minimum atomic E-state index is 0.248. The van der Waals surface area contributed by atoms with Crippen LogP contribution in [0.15, 0.2) is 28.2 Å². The van der Waals surface area contributed by atoms with E-state index in [0.717, 1.165) is 6.42 Å². The van der Waals surface area contributed by atoms with Crippen molar-refractivity contribution in [2.75, 3.05) is 0 Å². The van der Waals surface area contributed by atoms with Gasteiger partial charge in [-0.15, -0.1) is 0 Å². The van der Waals surface area contributed by atoms with E-state index in [1.165, 1.54) is 5.57 Å². The van der Waals surface area contributed by atoms with Gasteiger partial charge in [-0.05, 0) is 25.3 Å². The zero-order valence-electron chi connectivity index (χ0n) is 7.68. The average Bonchev–Trinajstić information content (AvgIpc) is 2.51. The SMILES string of the molecule is CC(N)CC1=CC=CC2SN=CC12. The standard InChI is InChI=1S/C10H14N2S/c1-7(11)5-8-3-2-4-10-9(8)6-12-13-10/h2-4,6-7,9-10H,5,11H2,1H3. The van der Waals surface area contributed by atoms with Crippen molar-refractivity contribution >= 4 is 18.2 Å². The average molecular weight is 194 g/mol. The molecule has 0 aromatic carbocycles. The van der Waals surface area contributed by atoms with Crippen molar-refractivity contribution in [3.63, 3.8) is 0 Å². The van der Waals surface area contributed by atoms with Gasteiger partial charge in [-0.3, -0.25) is 0 Å². The highest BCUT2D eigenvalue weighted by atomic mass is 32.2. The van der Waals surface area contributed by atoms with Crippen molar-refractivity contribution in [2.45, 2.75) is 24.6 Å². The third-order valence-electron chi connectivity index (χ3n) is 2.35. The van der Waals surface area contributed by atoms with Crippen molar-refractivity contribution in [1.82, 2.24) is 0 Å². The Labute approximate surface area is 83.1 Å². The highest BCUT2D eigenvalue weighted by molar-refractivity contribution is 7.99. The van der Waals surface area contributed by atoms with E-state index in [1.807, 2.05) is 13.1 Å². The molecule has 13 heavy (non-hydrogen) atoms. The molecule has 2 N–H and O–H groups in total. The Kier molecular flexibility index (Phi) is 2.56. The topological polar surface area (TPSA) is 38.4 Å². The molecule has 3 heteroatoms. The first kappa shape index (κ1) is 9.03. The summed E-state index contributed by atoms with van der Waals surface area (Å²) in [6.45, 7) is 2.05. The molecular formula is C10H14N2S. The molecule has 70 valence electrons. The Bertz CT molecular complexity index is 279. The van der Waals surface area contributed by atoms with Crippen LogP contribution in [0.25, 0.3) is 0 Å². The number of hydrogen-bond donors (Lipinski definition) is 1. The predicted octanol–water partition coefficient (Wildman–Crippen LogP) is 1.94. The number of nitrogens with two attached hydrogens (primary N) is 1. The van der Waals surface area contributed by atoms with Gasteiger partial charge in [0.05, 0.1) is 5.25 Å². The highest BCUT2D eigenvalue weighted by Crippen LogP contribution is 2.36. The minimum Gasteiger partial charge on any atom is -0.328 e. The van der Waals surface area contributed by atoms with Crippen LogP contribution in [0.4, 0.5) is 0 Å². The fraction of sp³-hybridized carbons (Fsp3) is 0.500. The van der Waals surface area contributed by atoms with E-state index >= 15 is 0 Å². The fourth-order valence-corrected chi connectivity index (χ4v) is 2.64. The lowest BCUT2D eigenvalue weighted by molar-refractivity contribution is 0.676. The van der Waals surface area contributed by atoms with Gasteiger partial charge in [-0.25, -0.2) is 4.40 Å². The second kappa shape index (κ2) is 3.68. The number of hydrogen-bond acceptors (Lipinski definition) is 3. The van der Waals surface area contributed by atoms with Gasteiger partial charge in [0, 0.05) is 18.2 Å². The summed E-state index contributed by atoms with van der Waals surface area (Å²) in [6.07, 6.45) is 9.56. The summed E-state index contributed by atoms with van der Waals surface area (Å²) in [5, 5.41) is 0.527. The van der Waals surface area contributed by atoms with Crippen LogP contribution in [-0.2, 0) is 0 Å². The third kappa shape index (κ3) is 1.86. The van der Waals surface area contributed by atoms with Crippen molar-refractivity contribution in [3.05, 3.63) is 23.8 Å². The number of allylic oxidation sites excluding steroid dienone is 2. The molecule has 2 rings (SSSR count). The lowest BCUT2D eigenvalue weighted by Crippen LogP contribution is -2.23. The van der Waals surface area contributed by atoms with Crippen molar-refractivity contribution in [2.24, 2.45) is 16.0 Å². The van der Waals surface area contributed by atoms with E-state index in [1.54, 1.807) is 11.9 Å².